The number of aromatic nitrogens is 1. The number of aliphatic carboxylic acids is 1. The third kappa shape index (κ3) is 4.76. The molecule has 0 aromatic carbocycles. The monoisotopic (exact) mass is 427 g/mol. The van der Waals surface area contributed by atoms with Gasteiger partial charge in [-0.3, -0.25) is 19.4 Å². The average Bonchev–Trinajstić information content (AvgIpc) is 3.07. The lowest BCUT2D eigenvalue weighted by molar-refractivity contribution is -0.146. The molecule has 8 heteroatoms. The van der Waals surface area contributed by atoms with Crippen LogP contribution in [-0.4, -0.2) is 27.9 Å². The van der Waals surface area contributed by atoms with Crippen LogP contribution in [0.25, 0.3) is 0 Å². The molecule has 0 radical (unpaired) electrons. The number of allylic oxidation sites excluding steroid dienone is 2. The number of aryl methyl sites for hydroxylation is 1. The Morgan fingerprint density at radius 3 is 2.60 bits per heavy atom. The smallest absolute Gasteiger partial charge is 0.307 e. The summed E-state index contributed by atoms with van der Waals surface area (Å²) in [5.74, 6) is -3.04. The van der Waals surface area contributed by atoms with Gasteiger partial charge in [-0.1, -0.05) is 25.1 Å². The van der Waals surface area contributed by atoms with E-state index >= 15 is 0 Å². The topological polar surface area (TPSA) is 108 Å². The zero-order chi connectivity index (χ0) is 21.7. The number of nitrogens with zero attached hydrogens (tertiary/aromatic N) is 1. The minimum atomic E-state index is -0.981. The summed E-state index contributed by atoms with van der Waals surface area (Å²) in [5.41, 5.74) is 2.22. The van der Waals surface area contributed by atoms with Gasteiger partial charge in [-0.25, -0.2) is 0 Å². The summed E-state index contributed by atoms with van der Waals surface area (Å²) < 4.78 is 0. The fourth-order valence-electron chi connectivity index (χ4n) is 3.69. The minimum Gasteiger partial charge on any atom is -0.481 e. The van der Waals surface area contributed by atoms with Crippen LogP contribution in [0.1, 0.15) is 46.1 Å². The Kier molecular flexibility index (Phi) is 6.99. The maximum Gasteiger partial charge on any atom is 0.307 e. The van der Waals surface area contributed by atoms with E-state index in [0.717, 1.165) is 16.0 Å². The maximum atomic E-state index is 13.0. The second-order valence-electron chi connectivity index (χ2n) is 7.22. The number of rotatable bonds is 7. The molecule has 1 aliphatic carbocycles. The zero-order valence-corrected chi connectivity index (χ0v) is 17.8. The lowest BCUT2D eigenvalue weighted by Crippen LogP contribution is -2.35. The number of amides is 2. The number of hydrogen-bond acceptors (Lipinski definition) is 5. The molecule has 0 bridgehead atoms. The van der Waals surface area contributed by atoms with Crippen molar-refractivity contribution < 1.29 is 19.5 Å². The van der Waals surface area contributed by atoms with Crippen LogP contribution in [0.5, 0.6) is 0 Å². The first-order valence-electron chi connectivity index (χ1n) is 9.90. The molecule has 1 aliphatic rings. The van der Waals surface area contributed by atoms with Crippen molar-refractivity contribution in [2.45, 2.75) is 39.7 Å². The summed E-state index contributed by atoms with van der Waals surface area (Å²) in [6.07, 6.45) is 8.34. The number of pyridine rings is 1. The molecule has 0 saturated heterocycles. The van der Waals surface area contributed by atoms with Gasteiger partial charge in [0.25, 0.3) is 5.91 Å². The van der Waals surface area contributed by atoms with Gasteiger partial charge < -0.3 is 15.7 Å². The predicted octanol–water partition coefficient (Wildman–Crippen LogP) is 3.55. The van der Waals surface area contributed by atoms with E-state index in [1.165, 1.54) is 11.3 Å². The van der Waals surface area contributed by atoms with Crippen molar-refractivity contribution >= 4 is 34.1 Å². The van der Waals surface area contributed by atoms with Gasteiger partial charge in [0.15, 0.2) is 0 Å². The number of carbonyl (C=O) groups is 3. The second kappa shape index (κ2) is 9.67. The molecular formula is C22H25N3O4S. The standard InChI is InChI=1S/C22H25N3O4S/c1-3-15-13(2)30-21(18(15)20(27)24-12-14-7-6-10-23-11-14)25-19(26)16-8-4-5-9-17(16)22(28)29/h4-7,10-11,16-17H,3,8-9,12H2,1-2H3,(H,24,27)(H,25,26)(H,28,29)/t16-,17+/m0/s1. The molecule has 0 saturated carbocycles. The highest BCUT2D eigenvalue weighted by molar-refractivity contribution is 7.16. The Balaban J connectivity index is 1.81. The third-order valence-corrected chi connectivity index (χ3v) is 6.35. The Bertz CT molecular complexity index is 968. The van der Waals surface area contributed by atoms with E-state index in [4.69, 9.17) is 0 Å². The summed E-state index contributed by atoms with van der Waals surface area (Å²) in [6.45, 7) is 4.21. The molecule has 3 N–H and O–H groups in total. The molecule has 0 unspecified atom stereocenters. The Morgan fingerprint density at radius 1 is 1.23 bits per heavy atom. The highest BCUT2D eigenvalue weighted by atomic mass is 32.1. The molecule has 0 fully saturated rings. The van der Waals surface area contributed by atoms with Gasteiger partial charge in [0, 0.05) is 23.8 Å². The minimum absolute atomic E-state index is 0.270. The fourth-order valence-corrected chi connectivity index (χ4v) is 4.83. The van der Waals surface area contributed by atoms with Crippen LogP contribution in [0.4, 0.5) is 5.00 Å². The number of carbonyl (C=O) groups excluding carboxylic acids is 2. The summed E-state index contributed by atoms with van der Waals surface area (Å²) in [6, 6.07) is 3.68. The van der Waals surface area contributed by atoms with Gasteiger partial charge in [0.2, 0.25) is 5.91 Å². The molecule has 3 rings (SSSR count). The van der Waals surface area contributed by atoms with Gasteiger partial charge in [-0.15, -0.1) is 11.3 Å². The molecule has 0 aliphatic heterocycles. The van der Waals surface area contributed by atoms with Crippen molar-refractivity contribution in [3.8, 4) is 0 Å². The van der Waals surface area contributed by atoms with Crippen molar-refractivity contribution in [2.24, 2.45) is 11.8 Å². The van der Waals surface area contributed by atoms with Gasteiger partial charge >= 0.3 is 5.97 Å². The molecule has 2 heterocycles. The third-order valence-electron chi connectivity index (χ3n) is 5.29. The first kappa shape index (κ1) is 21.7. The van der Waals surface area contributed by atoms with Crippen LogP contribution >= 0.6 is 11.3 Å². The van der Waals surface area contributed by atoms with Crippen LogP contribution in [0.15, 0.2) is 36.7 Å². The number of carboxylic acid groups (broad SMARTS) is 1. The SMILES string of the molecule is CCc1c(C)sc(NC(=O)[C@H]2CC=CC[C@H]2C(=O)O)c1C(=O)NCc1cccnc1. The molecule has 0 spiro atoms. The Hall–Kier alpha value is -3.00. The number of thiophene rings is 1. The van der Waals surface area contributed by atoms with Gasteiger partial charge in [-0.05, 0) is 43.4 Å². The van der Waals surface area contributed by atoms with Gasteiger partial charge in [-0.2, -0.15) is 0 Å². The van der Waals surface area contributed by atoms with Crippen LogP contribution in [0.2, 0.25) is 0 Å². The van der Waals surface area contributed by atoms with Gasteiger partial charge in [0.1, 0.15) is 5.00 Å². The Morgan fingerprint density at radius 2 is 1.97 bits per heavy atom. The number of carboxylic acids is 1. The highest BCUT2D eigenvalue weighted by Crippen LogP contribution is 2.35. The fraction of sp³-hybridized carbons (Fsp3) is 0.364. The predicted molar refractivity (Wildman–Crippen MR) is 115 cm³/mol. The summed E-state index contributed by atoms with van der Waals surface area (Å²) in [5, 5.41) is 15.7. The van der Waals surface area contributed by atoms with Crippen LogP contribution in [-0.2, 0) is 22.6 Å². The van der Waals surface area contributed by atoms with Crippen molar-refractivity contribution in [1.29, 1.82) is 0 Å². The lowest BCUT2D eigenvalue weighted by Gasteiger charge is -2.24. The van der Waals surface area contributed by atoms with E-state index in [-0.39, 0.29) is 11.8 Å². The number of nitrogens with one attached hydrogen (secondary N) is 2. The molecule has 158 valence electrons. The van der Waals surface area contributed by atoms with Crippen molar-refractivity contribution in [3.05, 3.63) is 58.2 Å². The van der Waals surface area contributed by atoms with E-state index in [0.29, 0.717) is 36.4 Å². The molecule has 2 aromatic heterocycles. The molecule has 2 atom stereocenters. The van der Waals surface area contributed by atoms with E-state index in [1.807, 2.05) is 26.0 Å². The van der Waals surface area contributed by atoms with Crippen LogP contribution in [0.3, 0.4) is 0 Å². The van der Waals surface area contributed by atoms with Crippen LogP contribution in [0, 0.1) is 18.8 Å². The number of anilines is 1. The van der Waals surface area contributed by atoms with E-state index in [9.17, 15) is 19.5 Å². The molecular weight excluding hydrogens is 402 g/mol. The highest BCUT2D eigenvalue weighted by Gasteiger charge is 2.35. The lowest BCUT2D eigenvalue weighted by atomic mass is 9.82. The first-order valence-corrected chi connectivity index (χ1v) is 10.7. The Labute approximate surface area is 179 Å². The zero-order valence-electron chi connectivity index (χ0n) is 17.0. The quantitative estimate of drug-likeness (QED) is 0.586. The number of hydrogen-bond donors (Lipinski definition) is 3. The van der Waals surface area contributed by atoms with Crippen molar-refractivity contribution in [3.63, 3.8) is 0 Å². The largest absolute Gasteiger partial charge is 0.481 e. The first-order chi connectivity index (χ1) is 14.4. The molecule has 30 heavy (non-hydrogen) atoms. The van der Waals surface area contributed by atoms with Crippen LogP contribution < -0.4 is 10.6 Å². The van der Waals surface area contributed by atoms with Crippen molar-refractivity contribution in [1.82, 2.24) is 10.3 Å². The van der Waals surface area contributed by atoms with Crippen molar-refractivity contribution in [2.75, 3.05) is 5.32 Å². The average molecular weight is 428 g/mol. The van der Waals surface area contributed by atoms with Gasteiger partial charge in [0.05, 0.1) is 17.4 Å². The maximum absolute atomic E-state index is 13.0. The summed E-state index contributed by atoms with van der Waals surface area (Å²) in [4.78, 5) is 42.4. The molecule has 7 nitrogen and oxygen atoms in total. The molecule has 2 amide bonds. The van der Waals surface area contributed by atoms with E-state index in [1.54, 1.807) is 24.5 Å². The second-order valence-corrected chi connectivity index (χ2v) is 8.45. The molecule has 2 aromatic rings. The summed E-state index contributed by atoms with van der Waals surface area (Å²) >= 11 is 1.35. The summed E-state index contributed by atoms with van der Waals surface area (Å²) in [7, 11) is 0. The normalized spacial score (nSPS) is 18.1. The van der Waals surface area contributed by atoms with E-state index in [2.05, 4.69) is 15.6 Å². The van der Waals surface area contributed by atoms with E-state index < -0.39 is 17.8 Å².